The highest BCUT2D eigenvalue weighted by atomic mass is 35.5. The molecule has 0 saturated heterocycles. The third-order valence-corrected chi connectivity index (χ3v) is 3.47. The second-order valence-corrected chi connectivity index (χ2v) is 5.10. The Morgan fingerprint density at radius 1 is 1.32 bits per heavy atom. The lowest BCUT2D eigenvalue weighted by Gasteiger charge is -2.21. The summed E-state index contributed by atoms with van der Waals surface area (Å²) < 4.78 is 9.98. The number of halogens is 3. The summed E-state index contributed by atoms with van der Waals surface area (Å²) in [5, 5.41) is 0.615. The second-order valence-electron chi connectivity index (χ2n) is 3.88. The fourth-order valence-electron chi connectivity index (χ4n) is 1.08. The molecule has 6 heteroatoms. The number of hydrogen-bond donors (Lipinski definition) is 0. The second kappa shape index (κ2) is 6.38. The molecule has 0 aliphatic carbocycles. The van der Waals surface area contributed by atoms with Crippen molar-refractivity contribution in [2.45, 2.75) is 25.9 Å². The van der Waals surface area contributed by atoms with Gasteiger partial charge in [0.05, 0.1) is 15.1 Å². The first-order valence-electron chi connectivity index (χ1n) is 5.34. The van der Waals surface area contributed by atoms with Gasteiger partial charge in [0.15, 0.2) is 11.4 Å². The van der Waals surface area contributed by atoms with Gasteiger partial charge in [-0.1, -0.05) is 47.6 Å². The molecule has 0 bridgehead atoms. The highest BCUT2D eigenvalue weighted by Gasteiger charge is 2.25. The predicted octanol–water partition coefficient (Wildman–Crippen LogP) is 4.96. The fraction of sp³-hybridized carbons (Fsp3) is 0.308. The number of benzene rings is 1. The van der Waals surface area contributed by atoms with Crippen LogP contribution in [0, 0.1) is 12.3 Å². The average molecular weight is 322 g/mol. The summed E-state index contributed by atoms with van der Waals surface area (Å²) in [5.74, 6) is 2.43. The van der Waals surface area contributed by atoms with Crippen LogP contribution in [-0.4, -0.2) is 11.8 Å². The molecule has 1 unspecified atom stereocenters. The van der Waals surface area contributed by atoms with E-state index in [1.54, 1.807) is 13.8 Å². The number of carbonyl (C=O) groups excluding carboxylic acids is 1. The molecule has 19 heavy (non-hydrogen) atoms. The molecule has 0 radical (unpaired) electrons. The van der Waals surface area contributed by atoms with Crippen LogP contribution in [0.3, 0.4) is 0 Å². The molecular weight excluding hydrogens is 310 g/mol. The van der Waals surface area contributed by atoms with E-state index in [0.29, 0.717) is 6.42 Å². The number of hydrogen-bond acceptors (Lipinski definition) is 3. The van der Waals surface area contributed by atoms with E-state index in [0.717, 1.165) is 0 Å². The molecule has 0 aromatic heterocycles. The van der Waals surface area contributed by atoms with E-state index in [1.807, 2.05) is 0 Å². The minimum absolute atomic E-state index is 0.0524. The first kappa shape index (κ1) is 16.0. The summed E-state index contributed by atoms with van der Waals surface area (Å²) in [7, 11) is 0. The summed E-state index contributed by atoms with van der Waals surface area (Å²) in [6.07, 6.45) is 4.78. The molecule has 0 amide bonds. The Balaban J connectivity index is 2.84. The average Bonchev–Trinajstić information content (AvgIpc) is 2.35. The van der Waals surface area contributed by atoms with E-state index >= 15 is 0 Å². The van der Waals surface area contributed by atoms with Crippen molar-refractivity contribution in [1.82, 2.24) is 0 Å². The lowest BCUT2D eigenvalue weighted by atomic mass is 10.1. The summed E-state index contributed by atoms with van der Waals surface area (Å²) in [5.41, 5.74) is -1.03. The van der Waals surface area contributed by atoms with Gasteiger partial charge < -0.3 is 9.47 Å². The predicted molar refractivity (Wildman–Crippen MR) is 76.1 cm³/mol. The van der Waals surface area contributed by atoms with Gasteiger partial charge in [0.1, 0.15) is 0 Å². The zero-order chi connectivity index (χ0) is 14.6. The van der Waals surface area contributed by atoms with E-state index < -0.39 is 11.8 Å². The molecule has 0 aliphatic rings. The monoisotopic (exact) mass is 320 g/mol. The Morgan fingerprint density at radius 2 is 1.89 bits per heavy atom. The van der Waals surface area contributed by atoms with Crippen molar-refractivity contribution in [3.05, 3.63) is 27.2 Å². The van der Waals surface area contributed by atoms with Crippen molar-refractivity contribution in [2.75, 3.05) is 0 Å². The zero-order valence-electron chi connectivity index (χ0n) is 10.3. The summed E-state index contributed by atoms with van der Waals surface area (Å²) in [6.45, 7) is 3.39. The van der Waals surface area contributed by atoms with Crippen LogP contribution in [0.1, 0.15) is 20.3 Å². The molecule has 3 nitrogen and oxygen atoms in total. The molecule has 1 aromatic rings. The van der Waals surface area contributed by atoms with Crippen molar-refractivity contribution < 1.29 is 14.3 Å². The maximum Gasteiger partial charge on any atom is 0.515 e. The van der Waals surface area contributed by atoms with Crippen molar-refractivity contribution >= 4 is 41.0 Å². The largest absolute Gasteiger partial charge is 0.515 e. The molecule has 0 fully saturated rings. The maximum atomic E-state index is 11.6. The molecule has 0 heterocycles. The highest BCUT2D eigenvalue weighted by molar-refractivity contribution is 6.43. The number of carbonyl (C=O) groups is 1. The van der Waals surface area contributed by atoms with Crippen molar-refractivity contribution in [3.8, 4) is 18.1 Å². The van der Waals surface area contributed by atoms with Crippen LogP contribution in [-0.2, 0) is 4.74 Å². The van der Waals surface area contributed by atoms with E-state index in [4.69, 9.17) is 50.7 Å². The molecule has 1 aromatic carbocycles. The van der Waals surface area contributed by atoms with Crippen LogP contribution in [0.15, 0.2) is 12.1 Å². The highest BCUT2D eigenvalue weighted by Crippen LogP contribution is 2.34. The molecule has 0 N–H and O–H groups in total. The van der Waals surface area contributed by atoms with Crippen LogP contribution in [0.2, 0.25) is 15.1 Å². The molecule has 0 aliphatic heterocycles. The summed E-state index contributed by atoms with van der Waals surface area (Å²) >= 11 is 17.4. The van der Waals surface area contributed by atoms with Gasteiger partial charge in [0, 0.05) is 6.07 Å². The lowest BCUT2D eigenvalue weighted by molar-refractivity contribution is 0.0301. The topological polar surface area (TPSA) is 35.5 Å². The minimum Gasteiger partial charge on any atom is -0.414 e. The van der Waals surface area contributed by atoms with Gasteiger partial charge in [-0.3, -0.25) is 0 Å². The van der Waals surface area contributed by atoms with Gasteiger partial charge in [-0.15, -0.1) is 6.42 Å². The van der Waals surface area contributed by atoms with E-state index in [2.05, 4.69) is 5.92 Å². The molecule has 0 spiro atoms. The Bertz CT molecular complexity index is 537. The van der Waals surface area contributed by atoms with E-state index in [-0.39, 0.29) is 20.8 Å². The van der Waals surface area contributed by atoms with Gasteiger partial charge in [0.2, 0.25) is 0 Å². The summed E-state index contributed by atoms with van der Waals surface area (Å²) in [6, 6.07) is 2.70. The van der Waals surface area contributed by atoms with Gasteiger partial charge in [-0.25, -0.2) is 4.79 Å². The summed E-state index contributed by atoms with van der Waals surface area (Å²) in [4.78, 5) is 11.6. The zero-order valence-corrected chi connectivity index (χ0v) is 12.6. The van der Waals surface area contributed by atoms with E-state index in [9.17, 15) is 4.79 Å². The number of rotatable bonds is 3. The van der Waals surface area contributed by atoms with E-state index in [1.165, 1.54) is 12.1 Å². The fourth-order valence-corrected chi connectivity index (χ4v) is 1.66. The smallest absolute Gasteiger partial charge is 0.414 e. The Kier molecular flexibility index (Phi) is 5.37. The third kappa shape index (κ3) is 4.21. The van der Waals surface area contributed by atoms with Crippen LogP contribution in [0.5, 0.6) is 5.75 Å². The Morgan fingerprint density at radius 3 is 2.42 bits per heavy atom. The molecule has 1 atom stereocenters. The molecule has 1 rings (SSSR count). The van der Waals surface area contributed by atoms with Gasteiger partial charge >= 0.3 is 6.16 Å². The van der Waals surface area contributed by atoms with Gasteiger partial charge in [-0.2, -0.15) is 0 Å². The Hall–Kier alpha value is -1.08. The SMILES string of the molecule is C#CC(C)(CC)OC(=O)Oc1cc(Cl)c(Cl)cc1Cl. The van der Waals surface area contributed by atoms with Crippen LogP contribution >= 0.6 is 34.8 Å². The molecular formula is C13H11Cl3O3. The van der Waals surface area contributed by atoms with Crippen molar-refractivity contribution in [2.24, 2.45) is 0 Å². The van der Waals surface area contributed by atoms with Gasteiger partial charge in [-0.05, 0) is 19.4 Å². The number of ether oxygens (including phenoxy) is 2. The molecule has 0 saturated carbocycles. The first-order chi connectivity index (χ1) is 8.81. The maximum absolute atomic E-state index is 11.6. The van der Waals surface area contributed by atoms with Crippen molar-refractivity contribution in [3.63, 3.8) is 0 Å². The molecule has 102 valence electrons. The van der Waals surface area contributed by atoms with Crippen molar-refractivity contribution in [1.29, 1.82) is 0 Å². The van der Waals surface area contributed by atoms with Gasteiger partial charge in [0.25, 0.3) is 0 Å². The normalized spacial score (nSPS) is 13.3. The van der Waals surface area contributed by atoms with Crippen LogP contribution in [0.25, 0.3) is 0 Å². The number of terminal acetylenes is 1. The Labute approximate surface area is 126 Å². The van der Waals surface area contributed by atoms with Crippen LogP contribution in [0.4, 0.5) is 4.79 Å². The lowest BCUT2D eigenvalue weighted by Crippen LogP contribution is -2.30. The quantitative estimate of drug-likeness (QED) is 0.341. The standard InChI is InChI=1S/C13H11Cl3O3/c1-4-13(3,5-2)19-12(17)18-11-7-9(15)8(14)6-10(11)16/h1,6-7H,5H2,2-3H3. The first-order valence-corrected chi connectivity index (χ1v) is 6.48. The third-order valence-electron chi connectivity index (χ3n) is 2.46. The van der Waals surface area contributed by atoms with Crippen LogP contribution < -0.4 is 4.74 Å². The minimum atomic E-state index is -1.03.